The third-order valence-electron chi connectivity index (χ3n) is 3.30. The maximum absolute atomic E-state index is 13.4. The molecule has 1 N–H and O–H groups in total. The van der Waals surface area contributed by atoms with E-state index >= 15 is 0 Å². The summed E-state index contributed by atoms with van der Waals surface area (Å²) in [6.07, 6.45) is 0. The van der Waals surface area contributed by atoms with Crippen molar-refractivity contribution < 1.29 is 14.2 Å². The molecule has 0 aliphatic heterocycles. The molecule has 100 valence electrons. The second-order valence-electron chi connectivity index (χ2n) is 4.78. The zero-order valence-electron chi connectivity index (χ0n) is 11.3. The van der Waals surface area contributed by atoms with E-state index < -0.39 is 11.4 Å². The highest BCUT2D eigenvalue weighted by Gasteiger charge is 2.29. The predicted molar refractivity (Wildman–Crippen MR) is 72.8 cm³/mol. The monoisotopic (exact) mass is 260 g/mol. The summed E-state index contributed by atoms with van der Waals surface area (Å²) < 4.78 is 18.6. The number of hydrogen-bond acceptors (Lipinski definition) is 2. The van der Waals surface area contributed by atoms with E-state index in [1.807, 2.05) is 31.2 Å². The molecule has 2 nitrogen and oxygen atoms in total. The minimum Gasteiger partial charge on any atom is -0.496 e. The van der Waals surface area contributed by atoms with Crippen molar-refractivity contribution >= 4 is 0 Å². The van der Waals surface area contributed by atoms with Gasteiger partial charge >= 0.3 is 0 Å². The van der Waals surface area contributed by atoms with Gasteiger partial charge in [-0.05, 0) is 37.6 Å². The van der Waals surface area contributed by atoms with Gasteiger partial charge in [-0.15, -0.1) is 0 Å². The Bertz CT molecular complexity index is 574. The van der Waals surface area contributed by atoms with E-state index in [-0.39, 0.29) is 0 Å². The van der Waals surface area contributed by atoms with Gasteiger partial charge in [0.15, 0.2) is 0 Å². The number of aryl methyl sites for hydroxylation is 1. The van der Waals surface area contributed by atoms with Crippen molar-refractivity contribution in [2.24, 2.45) is 0 Å². The summed E-state index contributed by atoms with van der Waals surface area (Å²) in [5.41, 5.74) is 0.910. The standard InChI is InChI=1S/C16H17FO2/c1-11-4-6-12(7-5-11)16(2,18)14-10-13(17)8-9-15(14)19-3/h4-10,18H,1-3H3. The van der Waals surface area contributed by atoms with Crippen LogP contribution in [0.25, 0.3) is 0 Å². The van der Waals surface area contributed by atoms with Crippen LogP contribution in [0, 0.1) is 12.7 Å². The van der Waals surface area contributed by atoms with E-state index in [0.717, 1.165) is 5.56 Å². The lowest BCUT2D eigenvalue weighted by atomic mass is 9.87. The molecule has 0 bridgehead atoms. The smallest absolute Gasteiger partial charge is 0.125 e. The Morgan fingerprint density at radius 3 is 2.32 bits per heavy atom. The van der Waals surface area contributed by atoms with Crippen molar-refractivity contribution in [1.82, 2.24) is 0 Å². The molecule has 0 radical (unpaired) electrons. The molecule has 0 aromatic heterocycles. The van der Waals surface area contributed by atoms with Gasteiger partial charge in [0.25, 0.3) is 0 Å². The zero-order valence-corrected chi connectivity index (χ0v) is 11.3. The van der Waals surface area contributed by atoms with E-state index in [2.05, 4.69) is 0 Å². The first-order valence-electron chi connectivity index (χ1n) is 6.08. The molecular weight excluding hydrogens is 243 g/mol. The number of rotatable bonds is 3. The van der Waals surface area contributed by atoms with Crippen LogP contribution in [0.5, 0.6) is 5.75 Å². The highest BCUT2D eigenvalue weighted by Crippen LogP contribution is 2.35. The van der Waals surface area contributed by atoms with E-state index in [1.54, 1.807) is 6.92 Å². The van der Waals surface area contributed by atoms with Crippen molar-refractivity contribution in [1.29, 1.82) is 0 Å². The van der Waals surface area contributed by atoms with E-state index in [4.69, 9.17) is 4.74 Å². The summed E-state index contributed by atoms with van der Waals surface area (Å²) in [6, 6.07) is 11.6. The Hall–Kier alpha value is -1.87. The Kier molecular flexibility index (Phi) is 3.58. The maximum Gasteiger partial charge on any atom is 0.125 e. The van der Waals surface area contributed by atoms with Crippen LogP contribution in [0.4, 0.5) is 4.39 Å². The summed E-state index contributed by atoms with van der Waals surface area (Å²) >= 11 is 0. The summed E-state index contributed by atoms with van der Waals surface area (Å²) in [5.74, 6) is 0.0650. The number of halogens is 1. The van der Waals surface area contributed by atoms with Crippen LogP contribution >= 0.6 is 0 Å². The van der Waals surface area contributed by atoms with Crippen molar-refractivity contribution in [2.45, 2.75) is 19.4 Å². The fourth-order valence-corrected chi connectivity index (χ4v) is 2.09. The molecule has 0 spiro atoms. The molecule has 3 heteroatoms. The lowest BCUT2D eigenvalue weighted by molar-refractivity contribution is 0.0985. The minimum atomic E-state index is -1.30. The third-order valence-corrected chi connectivity index (χ3v) is 3.30. The molecule has 0 fully saturated rings. The Balaban J connectivity index is 2.55. The fourth-order valence-electron chi connectivity index (χ4n) is 2.09. The van der Waals surface area contributed by atoms with Gasteiger partial charge in [-0.3, -0.25) is 0 Å². The largest absolute Gasteiger partial charge is 0.496 e. The van der Waals surface area contributed by atoms with Gasteiger partial charge < -0.3 is 9.84 Å². The summed E-state index contributed by atoms with van der Waals surface area (Å²) in [5, 5.41) is 10.7. The molecule has 0 aliphatic rings. The van der Waals surface area contributed by atoms with E-state index in [0.29, 0.717) is 16.9 Å². The zero-order chi connectivity index (χ0) is 14.0. The Labute approximate surface area is 112 Å². The van der Waals surface area contributed by atoms with Gasteiger partial charge in [-0.2, -0.15) is 0 Å². The van der Waals surface area contributed by atoms with Crippen LogP contribution in [0.3, 0.4) is 0 Å². The SMILES string of the molecule is COc1ccc(F)cc1C(C)(O)c1ccc(C)cc1. The highest BCUT2D eigenvalue weighted by molar-refractivity contribution is 5.44. The third kappa shape index (κ3) is 2.61. The Morgan fingerprint density at radius 2 is 1.74 bits per heavy atom. The second kappa shape index (κ2) is 5.02. The van der Waals surface area contributed by atoms with Crippen LogP contribution in [0.2, 0.25) is 0 Å². The molecule has 1 atom stereocenters. The molecule has 0 heterocycles. The van der Waals surface area contributed by atoms with Gasteiger partial charge in [0.05, 0.1) is 7.11 Å². The number of methoxy groups -OCH3 is 1. The molecule has 2 rings (SSSR count). The summed E-state index contributed by atoms with van der Waals surface area (Å²) in [6.45, 7) is 3.61. The average Bonchev–Trinajstić information content (AvgIpc) is 2.39. The molecule has 0 aliphatic carbocycles. The van der Waals surface area contributed by atoms with Gasteiger partial charge in [0.2, 0.25) is 0 Å². The number of ether oxygens (including phenoxy) is 1. The second-order valence-corrected chi connectivity index (χ2v) is 4.78. The van der Waals surface area contributed by atoms with Crippen LogP contribution in [-0.2, 0) is 5.60 Å². The topological polar surface area (TPSA) is 29.5 Å². The summed E-state index contributed by atoms with van der Waals surface area (Å²) in [7, 11) is 1.50. The normalized spacial score (nSPS) is 13.9. The molecule has 0 saturated carbocycles. The average molecular weight is 260 g/mol. The lowest BCUT2D eigenvalue weighted by Crippen LogP contribution is -2.23. The van der Waals surface area contributed by atoms with Crippen molar-refractivity contribution in [2.75, 3.05) is 7.11 Å². The van der Waals surface area contributed by atoms with Crippen LogP contribution in [0.15, 0.2) is 42.5 Å². The fraction of sp³-hybridized carbons (Fsp3) is 0.250. The molecular formula is C16H17FO2. The van der Waals surface area contributed by atoms with Crippen LogP contribution in [-0.4, -0.2) is 12.2 Å². The quantitative estimate of drug-likeness (QED) is 0.916. The van der Waals surface area contributed by atoms with Gasteiger partial charge in [0.1, 0.15) is 17.2 Å². The molecule has 1 unspecified atom stereocenters. The number of benzene rings is 2. The van der Waals surface area contributed by atoms with Gasteiger partial charge in [-0.1, -0.05) is 29.8 Å². The van der Waals surface area contributed by atoms with E-state index in [1.165, 1.54) is 25.3 Å². The predicted octanol–water partition coefficient (Wildman–Crippen LogP) is 3.40. The Morgan fingerprint density at radius 1 is 1.11 bits per heavy atom. The first-order valence-corrected chi connectivity index (χ1v) is 6.08. The van der Waals surface area contributed by atoms with Gasteiger partial charge in [-0.25, -0.2) is 4.39 Å². The molecule has 0 amide bonds. The molecule has 2 aromatic rings. The minimum absolute atomic E-state index is 0.400. The van der Waals surface area contributed by atoms with Crippen LogP contribution < -0.4 is 4.74 Å². The van der Waals surface area contributed by atoms with Crippen molar-refractivity contribution in [3.8, 4) is 5.75 Å². The van der Waals surface area contributed by atoms with Crippen molar-refractivity contribution in [3.63, 3.8) is 0 Å². The molecule has 19 heavy (non-hydrogen) atoms. The summed E-state index contributed by atoms with van der Waals surface area (Å²) in [4.78, 5) is 0. The van der Waals surface area contributed by atoms with E-state index in [9.17, 15) is 9.50 Å². The molecule has 2 aromatic carbocycles. The maximum atomic E-state index is 13.4. The number of hydrogen-bond donors (Lipinski definition) is 1. The first kappa shape index (κ1) is 13.6. The first-order chi connectivity index (χ1) is 8.95. The molecule has 0 saturated heterocycles. The van der Waals surface area contributed by atoms with Gasteiger partial charge in [0, 0.05) is 5.56 Å². The number of aliphatic hydroxyl groups is 1. The highest BCUT2D eigenvalue weighted by atomic mass is 19.1. The van der Waals surface area contributed by atoms with Crippen LogP contribution in [0.1, 0.15) is 23.6 Å². The lowest BCUT2D eigenvalue weighted by Gasteiger charge is -2.26. The van der Waals surface area contributed by atoms with Crippen molar-refractivity contribution in [3.05, 3.63) is 65.0 Å².